The number of ether oxygens (including phenoxy) is 2. The summed E-state index contributed by atoms with van der Waals surface area (Å²) in [6.45, 7) is 8.40. The number of methoxy groups -OCH3 is 1. The highest BCUT2D eigenvalue weighted by molar-refractivity contribution is 5.29. The smallest absolute Gasteiger partial charge is 0.142 e. The number of aromatic nitrogens is 1. The Balaban J connectivity index is 2.63. The number of aryl methyl sites for hydroxylation is 1. The van der Waals surface area contributed by atoms with E-state index in [0.29, 0.717) is 6.61 Å². The first-order chi connectivity index (χ1) is 8.67. The third-order valence-corrected chi connectivity index (χ3v) is 2.67. The van der Waals surface area contributed by atoms with E-state index in [2.05, 4.69) is 17.2 Å². The SMILES string of the molecule is CCCNCc1nc(C)ccc1OCC(C)OC. The molecule has 0 saturated carbocycles. The summed E-state index contributed by atoms with van der Waals surface area (Å²) in [7, 11) is 1.69. The molecular formula is C14H24N2O2. The summed E-state index contributed by atoms with van der Waals surface area (Å²) >= 11 is 0. The van der Waals surface area contributed by atoms with Crippen LogP contribution in [0.25, 0.3) is 0 Å². The highest BCUT2D eigenvalue weighted by atomic mass is 16.5. The fraction of sp³-hybridized carbons (Fsp3) is 0.643. The summed E-state index contributed by atoms with van der Waals surface area (Å²) in [4.78, 5) is 4.52. The molecule has 0 radical (unpaired) electrons. The van der Waals surface area contributed by atoms with E-state index in [9.17, 15) is 0 Å². The number of pyridine rings is 1. The third-order valence-electron chi connectivity index (χ3n) is 2.67. The number of nitrogens with zero attached hydrogens (tertiary/aromatic N) is 1. The van der Waals surface area contributed by atoms with Crippen LogP contribution in [0.15, 0.2) is 12.1 Å². The average molecular weight is 252 g/mol. The Morgan fingerprint density at radius 1 is 1.39 bits per heavy atom. The van der Waals surface area contributed by atoms with Crippen molar-refractivity contribution in [1.29, 1.82) is 0 Å². The maximum absolute atomic E-state index is 5.75. The Bertz CT molecular complexity index is 356. The molecule has 0 fully saturated rings. The van der Waals surface area contributed by atoms with Gasteiger partial charge in [0.1, 0.15) is 12.4 Å². The van der Waals surface area contributed by atoms with Gasteiger partial charge in [-0.1, -0.05) is 6.92 Å². The van der Waals surface area contributed by atoms with Crippen molar-refractivity contribution in [1.82, 2.24) is 10.3 Å². The van der Waals surface area contributed by atoms with Gasteiger partial charge in [0.2, 0.25) is 0 Å². The van der Waals surface area contributed by atoms with Crippen LogP contribution >= 0.6 is 0 Å². The van der Waals surface area contributed by atoms with E-state index in [1.807, 2.05) is 26.0 Å². The molecule has 1 heterocycles. The highest BCUT2D eigenvalue weighted by Gasteiger charge is 2.07. The first-order valence-corrected chi connectivity index (χ1v) is 6.50. The first kappa shape index (κ1) is 14.9. The second-order valence-corrected chi connectivity index (χ2v) is 4.43. The second-order valence-electron chi connectivity index (χ2n) is 4.43. The quantitative estimate of drug-likeness (QED) is 0.721. The van der Waals surface area contributed by atoms with Crippen LogP contribution in [0.4, 0.5) is 0 Å². The van der Waals surface area contributed by atoms with Gasteiger partial charge in [0.15, 0.2) is 0 Å². The summed E-state index contributed by atoms with van der Waals surface area (Å²) in [5, 5.41) is 3.35. The van der Waals surface area contributed by atoms with Gasteiger partial charge in [-0.05, 0) is 38.9 Å². The van der Waals surface area contributed by atoms with Crippen molar-refractivity contribution >= 4 is 0 Å². The van der Waals surface area contributed by atoms with Crippen LogP contribution < -0.4 is 10.1 Å². The number of nitrogens with one attached hydrogen (secondary N) is 1. The summed E-state index contributed by atoms with van der Waals surface area (Å²) in [6, 6.07) is 3.95. The van der Waals surface area contributed by atoms with E-state index in [1.54, 1.807) is 7.11 Å². The topological polar surface area (TPSA) is 43.4 Å². The molecule has 0 amide bonds. The minimum Gasteiger partial charge on any atom is -0.489 e. The van der Waals surface area contributed by atoms with E-state index in [-0.39, 0.29) is 6.10 Å². The maximum atomic E-state index is 5.75. The van der Waals surface area contributed by atoms with Gasteiger partial charge in [0.05, 0.1) is 11.8 Å². The van der Waals surface area contributed by atoms with Crippen molar-refractivity contribution in [3.8, 4) is 5.75 Å². The van der Waals surface area contributed by atoms with E-state index < -0.39 is 0 Å². The molecule has 0 aliphatic rings. The first-order valence-electron chi connectivity index (χ1n) is 6.50. The Morgan fingerprint density at radius 3 is 2.83 bits per heavy atom. The molecule has 0 bridgehead atoms. The molecule has 1 rings (SSSR count). The largest absolute Gasteiger partial charge is 0.489 e. The van der Waals surface area contributed by atoms with Gasteiger partial charge in [-0.15, -0.1) is 0 Å². The van der Waals surface area contributed by atoms with Crippen LogP contribution in [-0.4, -0.2) is 31.3 Å². The minimum atomic E-state index is 0.0859. The predicted molar refractivity (Wildman–Crippen MR) is 72.9 cm³/mol. The molecule has 1 unspecified atom stereocenters. The summed E-state index contributed by atoms with van der Waals surface area (Å²) < 4.78 is 10.9. The lowest BCUT2D eigenvalue weighted by Crippen LogP contribution is -2.19. The van der Waals surface area contributed by atoms with Crippen molar-refractivity contribution in [2.24, 2.45) is 0 Å². The molecule has 0 aromatic carbocycles. The van der Waals surface area contributed by atoms with Crippen molar-refractivity contribution in [3.63, 3.8) is 0 Å². The standard InChI is InChI=1S/C14H24N2O2/c1-5-8-15-9-13-14(7-6-11(2)16-13)18-10-12(3)17-4/h6-7,12,15H,5,8-10H2,1-4H3. The fourth-order valence-corrected chi connectivity index (χ4v) is 1.51. The van der Waals surface area contributed by atoms with Crippen molar-refractivity contribution in [2.45, 2.75) is 39.8 Å². The maximum Gasteiger partial charge on any atom is 0.142 e. The van der Waals surface area contributed by atoms with Crippen molar-refractivity contribution in [3.05, 3.63) is 23.5 Å². The molecule has 1 aromatic rings. The van der Waals surface area contributed by atoms with E-state index >= 15 is 0 Å². The van der Waals surface area contributed by atoms with Gasteiger partial charge < -0.3 is 14.8 Å². The summed E-state index contributed by atoms with van der Waals surface area (Å²) in [5.74, 6) is 0.841. The van der Waals surface area contributed by atoms with Gasteiger partial charge in [0, 0.05) is 19.3 Å². The lowest BCUT2D eigenvalue weighted by atomic mass is 10.2. The van der Waals surface area contributed by atoms with Gasteiger partial charge >= 0.3 is 0 Å². The van der Waals surface area contributed by atoms with E-state index in [4.69, 9.17) is 9.47 Å². The van der Waals surface area contributed by atoms with Gasteiger partial charge in [-0.3, -0.25) is 4.98 Å². The molecule has 0 saturated heterocycles. The van der Waals surface area contributed by atoms with Crippen molar-refractivity contribution < 1.29 is 9.47 Å². The zero-order valence-corrected chi connectivity index (χ0v) is 11.8. The Kier molecular flexibility index (Phi) is 6.68. The highest BCUT2D eigenvalue weighted by Crippen LogP contribution is 2.17. The summed E-state index contributed by atoms with van der Waals surface area (Å²) in [6.07, 6.45) is 1.20. The second kappa shape index (κ2) is 8.06. The molecule has 102 valence electrons. The molecule has 4 heteroatoms. The number of rotatable bonds is 8. The van der Waals surface area contributed by atoms with Crippen LogP contribution in [0, 0.1) is 6.92 Å². The lowest BCUT2D eigenvalue weighted by molar-refractivity contribution is 0.0711. The van der Waals surface area contributed by atoms with Crippen LogP contribution in [0.3, 0.4) is 0 Å². The summed E-state index contributed by atoms with van der Waals surface area (Å²) in [5.41, 5.74) is 1.97. The van der Waals surface area contributed by atoms with E-state index in [0.717, 1.165) is 36.6 Å². The minimum absolute atomic E-state index is 0.0859. The molecule has 0 aliphatic heterocycles. The van der Waals surface area contributed by atoms with Crippen LogP contribution in [0.1, 0.15) is 31.7 Å². The molecule has 0 aliphatic carbocycles. The Labute approximate surface area is 110 Å². The molecule has 0 spiro atoms. The monoisotopic (exact) mass is 252 g/mol. The average Bonchev–Trinajstić information content (AvgIpc) is 2.37. The number of hydrogen-bond donors (Lipinski definition) is 1. The number of hydrogen-bond acceptors (Lipinski definition) is 4. The Morgan fingerprint density at radius 2 is 2.17 bits per heavy atom. The van der Waals surface area contributed by atoms with Crippen molar-refractivity contribution in [2.75, 3.05) is 20.3 Å². The molecule has 1 N–H and O–H groups in total. The zero-order valence-electron chi connectivity index (χ0n) is 11.8. The van der Waals surface area contributed by atoms with Crippen LogP contribution in [0.5, 0.6) is 5.75 Å². The molecule has 1 aromatic heterocycles. The Hall–Kier alpha value is -1.13. The third kappa shape index (κ3) is 5.02. The molecule has 1 atom stereocenters. The lowest BCUT2D eigenvalue weighted by Gasteiger charge is -2.14. The zero-order chi connectivity index (χ0) is 13.4. The van der Waals surface area contributed by atoms with Crippen LogP contribution in [-0.2, 0) is 11.3 Å². The predicted octanol–water partition coefficient (Wildman–Crippen LogP) is 2.30. The van der Waals surface area contributed by atoms with Gasteiger partial charge in [-0.2, -0.15) is 0 Å². The van der Waals surface area contributed by atoms with Crippen LogP contribution in [0.2, 0.25) is 0 Å². The van der Waals surface area contributed by atoms with Gasteiger partial charge in [-0.25, -0.2) is 0 Å². The molecule has 4 nitrogen and oxygen atoms in total. The van der Waals surface area contributed by atoms with E-state index in [1.165, 1.54) is 0 Å². The van der Waals surface area contributed by atoms with Gasteiger partial charge in [0.25, 0.3) is 0 Å². The molecular weight excluding hydrogens is 228 g/mol. The molecule has 18 heavy (non-hydrogen) atoms. The fourth-order valence-electron chi connectivity index (χ4n) is 1.51. The normalized spacial score (nSPS) is 12.4.